The van der Waals surface area contributed by atoms with Gasteiger partial charge in [0.2, 0.25) is 0 Å². The first-order valence-electron chi connectivity index (χ1n) is 2.77. The third-order valence-electron chi connectivity index (χ3n) is 1.06. The summed E-state index contributed by atoms with van der Waals surface area (Å²) >= 11 is 4.80. The Bertz CT molecular complexity index is 331. The number of H-pyrrole nitrogens is 1. The average molecular weight is 170 g/mol. The zero-order valence-electron chi connectivity index (χ0n) is 5.48. The van der Waals surface area contributed by atoms with Crippen LogP contribution in [-0.2, 0) is 0 Å². The summed E-state index contributed by atoms with van der Waals surface area (Å²) < 4.78 is 0.350. The highest BCUT2D eigenvalue weighted by atomic mass is 32.1. The lowest BCUT2D eigenvalue weighted by atomic mass is 10.4. The van der Waals surface area contributed by atoms with Gasteiger partial charge in [0.25, 0.3) is 0 Å². The van der Waals surface area contributed by atoms with E-state index in [0.717, 1.165) is 0 Å². The van der Waals surface area contributed by atoms with Gasteiger partial charge in [0.15, 0.2) is 5.84 Å². The van der Waals surface area contributed by atoms with Gasteiger partial charge in [-0.25, -0.2) is 4.98 Å². The monoisotopic (exact) mass is 170 g/mol. The van der Waals surface area contributed by atoms with Crippen molar-refractivity contribution in [1.82, 2.24) is 9.97 Å². The van der Waals surface area contributed by atoms with Crippen LogP contribution in [0.4, 0.5) is 0 Å². The number of oxime groups is 1. The third-order valence-corrected chi connectivity index (χ3v) is 1.37. The second-order valence-corrected chi connectivity index (χ2v) is 2.16. The predicted octanol–water partition coefficient (Wildman–Crippen LogP) is 0.234. The number of nitrogens with one attached hydrogen (secondary N) is 1. The fraction of sp³-hybridized carbons (Fsp3) is 0. The number of nitrogens with two attached hydrogens (primary N) is 1. The Balaban J connectivity index is 3.25. The predicted molar refractivity (Wildman–Crippen MR) is 41.9 cm³/mol. The number of aromatic amines is 1. The first-order chi connectivity index (χ1) is 5.25. The molecule has 0 saturated carbocycles. The molecule has 0 amide bonds. The van der Waals surface area contributed by atoms with Crippen LogP contribution < -0.4 is 5.73 Å². The van der Waals surface area contributed by atoms with Crippen LogP contribution in [0.25, 0.3) is 0 Å². The maximum absolute atomic E-state index is 8.28. The van der Waals surface area contributed by atoms with Gasteiger partial charge in [-0.05, 0) is 0 Å². The first-order valence-corrected chi connectivity index (χ1v) is 3.18. The van der Waals surface area contributed by atoms with Crippen LogP contribution in [0.3, 0.4) is 0 Å². The topological polar surface area (TPSA) is 87.3 Å². The number of hydrogen-bond acceptors (Lipinski definition) is 4. The maximum Gasteiger partial charge on any atom is 0.191 e. The van der Waals surface area contributed by atoms with Gasteiger partial charge in [0.1, 0.15) is 10.3 Å². The summed E-state index contributed by atoms with van der Waals surface area (Å²) in [5, 5.41) is 11.0. The van der Waals surface area contributed by atoms with Crippen molar-refractivity contribution in [3.8, 4) is 0 Å². The standard InChI is InChI=1S/C5H6N4OS/c6-4(9-10)3-5(11)8-2-1-7-3/h1-2,10H,(H2,6,9)(H,8,11). The van der Waals surface area contributed by atoms with E-state index in [1.807, 2.05) is 0 Å². The SMILES string of the molecule is N/C(=N\O)c1ncc[nH]c1=S. The fourth-order valence-corrected chi connectivity index (χ4v) is 0.807. The van der Waals surface area contributed by atoms with Crippen LogP contribution in [0.1, 0.15) is 5.69 Å². The highest BCUT2D eigenvalue weighted by Crippen LogP contribution is 1.92. The van der Waals surface area contributed by atoms with E-state index in [2.05, 4.69) is 15.1 Å². The lowest BCUT2D eigenvalue weighted by Gasteiger charge is -1.94. The lowest BCUT2D eigenvalue weighted by Crippen LogP contribution is -2.15. The number of rotatable bonds is 1. The van der Waals surface area contributed by atoms with Crippen LogP contribution in [0.5, 0.6) is 0 Å². The van der Waals surface area contributed by atoms with Gasteiger partial charge in [0.05, 0.1) is 0 Å². The average Bonchev–Trinajstić information content (AvgIpc) is 2.04. The molecule has 1 rings (SSSR count). The molecule has 0 unspecified atom stereocenters. The fourth-order valence-electron chi connectivity index (χ4n) is 0.582. The molecule has 0 aliphatic heterocycles. The van der Waals surface area contributed by atoms with Crippen LogP contribution >= 0.6 is 12.2 Å². The van der Waals surface area contributed by atoms with Gasteiger partial charge < -0.3 is 15.9 Å². The summed E-state index contributed by atoms with van der Waals surface area (Å²) in [5.41, 5.74) is 5.53. The summed E-state index contributed by atoms with van der Waals surface area (Å²) in [6.45, 7) is 0. The van der Waals surface area contributed by atoms with Crippen molar-refractivity contribution in [2.75, 3.05) is 0 Å². The van der Waals surface area contributed by atoms with Crippen molar-refractivity contribution in [3.63, 3.8) is 0 Å². The largest absolute Gasteiger partial charge is 0.409 e. The van der Waals surface area contributed by atoms with E-state index in [-0.39, 0.29) is 11.5 Å². The van der Waals surface area contributed by atoms with Crippen LogP contribution in [0.2, 0.25) is 0 Å². The van der Waals surface area contributed by atoms with Gasteiger partial charge in [-0.2, -0.15) is 0 Å². The number of amidine groups is 1. The first kappa shape index (κ1) is 7.67. The summed E-state index contributed by atoms with van der Waals surface area (Å²) in [7, 11) is 0. The molecule has 4 N–H and O–H groups in total. The van der Waals surface area contributed by atoms with Gasteiger partial charge in [-0.3, -0.25) is 0 Å². The zero-order chi connectivity index (χ0) is 8.27. The third kappa shape index (κ3) is 1.53. The summed E-state index contributed by atoms with van der Waals surface area (Å²) in [5.74, 6) is -0.0909. The minimum Gasteiger partial charge on any atom is -0.409 e. The number of aromatic nitrogens is 2. The van der Waals surface area contributed by atoms with Crippen LogP contribution in [0, 0.1) is 4.64 Å². The quantitative estimate of drug-likeness (QED) is 0.185. The van der Waals surface area contributed by atoms with E-state index < -0.39 is 0 Å². The molecule has 0 atom stereocenters. The maximum atomic E-state index is 8.28. The lowest BCUT2D eigenvalue weighted by molar-refractivity contribution is 0.318. The van der Waals surface area contributed by atoms with E-state index in [1.165, 1.54) is 6.20 Å². The van der Waals surface area contributed by atoms with Crippen molar-refractivity contribution in [2.45, 2.75) is 0 Å². The van der Waals surface area contributed by atoms with Gasteiger partial charge in [0, 0.05) is 12.4 Å². The molecule has 0 aromatic carbocycles. The highest BCUT2D eigenvalue weighted by Gasteiger charge is 2.00. The van der Waals surface area contributed by atoms with Crippen molar-refractivity contribution in [1.29, 1.82) is 0 Å². The van der Waals surface area contributed by atoms with Crippen molar-refractivity contribution in [3.05, 3.63) is 22.7 Å². The van der Waals surface area contributed by atoms with Gasteiger partial charge in [-0.15, -0.1) is 0 Å². The van der Waals surface area contributed by atoms with Crippen LogP contribution in [-0.4, -0.2) is 21.0 Å². The number of nitrogens with zero attached hydrogens (tertiary/aromatic N) is 2. The second kappa shape index (κ2) is 3.11. The molecule has 0 aliphatic carbocycles. The molecule has 58 valence electrons. The molecule has 11 heavy (non-hydrogen) atoms. The Morgan fingerprint density at radius 3 is 3.09 bits per heavy atom. The van der Waals surface area contributed by atoms with E-state index in [9.17, 15) is 0 Å². The highest BCUT2D eigenvalue weighted by molar-refractivity contribution is 7.71. The molecule has 0 aliphatic rings. The number of hydrogen-bond donors (Lipinski definition) is 3. The van der Waals surface area contributed by atoms with E-state index >= 15 is 0 Å². The Labute approximate surface area is 67.6 Å². The van der Waals surface area contributed by atoms with E-state index in [4.69, 9.17) is 23.2 Å². The molecule has 6 heteroatoms. The minimum absolute atomic E-state index is 0.0909. The van der Waals surface area contributed by atoms with Crippen molar-refractivity contribution in [2.24, 2.45) is 10.9 Å². The minimum atomic E-state index is -0.0909. The molecular weight excluding hydrogens is 164 g/mol. The Morgan fingerprint density at radius 1 is 1.82 bits per heavy atom. The van der Waals surface area contributed by atoms with Crippen molar-refractivity contribution >= 4 is 18.1 Å². The van der Waals surface area contributed by atoms with Crippen molar-refractivity contribution < 1.29 is 5.21 Å². The molecule has 0 radical (unpaired) electrons. The van der Waals surface area contributed by atoms with Crippen LogP contribution in [0.15, 0.2) is 17.5 Å². The molecule has 5 nitrogen and oxygen atoms in total. The zero-order valence-corrected chi connectivity index (χ0v) is 6.30. The molecular formula is C5H6N4OS. The van der Waals surface area contributed by atoms with Gasteiger partial charge >= 0.3 is 0 Å². The molecule has 0 spiro atoms. The van der Waals surface area contributed by atoms with E-state index in [1.54, 1.807) is 6.20 Å². The molecule has 0 bridgehead atoms. The summed E-state index contributed by atoms with van der Waals surface area (Å²) in [6, 6.07) is 0. The Hall–Kier alpha value is -1.43. The molecule has 0 saturated heterocycles. The smallest absolute Gasteiger partial charge is 0.191 e. The molecule has 0 fully saturated rings. The summed E-state index contributed by atoms with van der Waals surface area (Å²) in [6.07, 6.45) is 3.04. The Kier molecular flexibility index (Phi) is 2.17. The summed E-state index contributed by atoms with van der Waals surface area (Å²) in [4.78, 5) is 6.49. The normalized spacial score (nSPS) is 11.5. The molecule has 1 aromatic heterocycles. The molecule has 1 aromatic rings. The van der Waals surface area contributed by atoms with E-state index in [0.29, 0.717) is 4.64 Å². The van der Waals surface area contributed by atoms with Gasteiger partial charge in [-0.1, -0.05) is 17.4 Å². The Morgan fingerprint density at radius 2 is 2.55 bits per heavy atom. The second-order valence-electron chi connectivity index (χ2n) is 1.75. The molecule has 1 heterocycles.